The molecule has 0 aliphatic rings. The average Bonchev–Trinajstić information content (AvgIpc) is 2.25. The molecule has 0 saturated heterocycles. The third-order valence-electron chi connectivity index (χ3n) is 1.81. The topological polar surface area (TPSA) is 72.6 Å². The average molecular weight is 288 g/mol. The van der Waals surface area contributed by atoms with Gasteiger partial charge in [-0.05, 0) is 6.07 Å². The first kappa shape index (κ1) is 12.7. The number of aliphatic hydroxyl groups is 1. The van der Waals surface area contributed by atoms with E-state index in [1.807, 2.05) is 0 Å². The summed E-state index contributed by atoms with van der Waals surface area (Å²) < 4.78 is 5.94. The number of hydrogen-bond donors (Lipinski definition) is 1. The molecule has 0 atom stereocenters. The second-order valence-electron chi connectivity index (χ2n) is 3.01. The molecule has 86 valence electrons. The minimum atomic E-state index is -0.521. The Morgan fingerprint density at radius 3 is 2.81 bits per heavy atom. The van der Waals surface area contributed by atoms with E-state index in [2.05, 4.69) is 22.5 Å². The highest BCUT2D eigenvalue weighted by Crippen LogP contribution is 2.24. The molecule has 0 aliphatic heterocycles. The van der Waals surface area contributed by atoms with Gasteiger partial charge >= 0.3 is 0 Å². The van der Waals surface area contributed by atoms with Gasteiger partial charge in [-0.3, -0.25) is 10.1 Å². The van der Waals surface area contributed by atoms with Crippen LogP contribution in [0.15, 0.2) is 29.3 Å². The molecule has 0 aromatic heterocycles. The fourth-order valence-electron chi connectivity index (χ4n) is 1.10. The molecular formula is C10H10BrNO4. The van der Waals surface area contributed by atoms with Crippen LogP contribution in [0.4, 0.5) is 5.69 Å². The lowest BCUT2D eigenvalue weighted by Crippen LogP contribution is -2.00. The highest BCUT2D eigenvalue weighted by molar-refractivity contribution is 9.11. The standard InChI is InChI=1S/C10H10BrNO4/c1-7(11)6-16-10-3-2-9(12(14)15)4-8(10)5-13/h2-4,13H,1,5-6H2. The normalized spacial score (nSPS) is 9.88. The van der Waals surface area contributed by atoms with Crippen LogP contribution in [0.2, 0.25) is 0 Å². The van der Waals surface area contributed by atoms with E-state index in [4.69, 9.17) is 9.84 Å². The summed E-state index contributed by atoms with van der Waals surface area (Å²) in [6.45, 7) is 3.52. The van der Waals surface area contributed by atoms with E-state index < -0.39 is 4.92 Å². The van der Waals surface area contributed by atoms with Gasteiger partial charge in [0.05, 0.1) is 11.5 Å². The molecule has 1 rings (SSSR count). The Hall–Kier alpha value is -1.40. The van der Waals surface area contributed by atoms with Gasteiger partial charge in [0.15, 0.2) is 0 Å². The Morgan fingerprint density at radius 1 is 1.62 bits per heavy atom. The smallest absolute Gasteiger partial charge is 0.270 e. The van der Waals surface area contributed by atoms with E-state index in [9.17, 15) is 10.1 Å². The van der Waals surface area contributed by atoms with E-state index in [0.717, 1.165) is 0 Å². The van der Waals surface area contributed by atoms with Gasteiger partial charge in [0.25, 0.3) is 5.69 Å². The molecule has 0 heterocycles. The third-order valence-corrected chi connectivity index (χ3v) is 2.04. The second-order valence-corrected chi connectivity index (χ2v) is 4.13. The van der Waals surface area contributed by atoms with Gasteiger partial charge in [-0.15, -0.1) is 0 Å². The number of ether oxygens (including phenoxy) is 1. The summed E-state index contributed by atoms with van der Waals surface area (Å²) in [6, 6.07) is 4.07. The van der Waals surface area contributed by atoms with Crippen LogP contribution in [0.1, 0.15) is 5.56 Å². The lowest BCUT2D eigenvalue weighted by molar-refractivity contribution is -0.385. The molecule has 0 aliphatic carbocycles. The van der Waals surface area contributed by atoms with Gasteiger partial charge in [0, 0.05) is 22.2 Å². The molecule has 16 heavy (non-hydrogen) atoms. The number of halogens is 1. The first-order chi connectivity index (χ1) is 7.54. The van der Waals surface area contributed by atoms with E-state index in [-0.39, 0.29) is 18.9 Å². The Kier molecular flexibility index (Phi) is 4.45. The Bertz CT molecular complexity index is 419. The Morgan fingerprint density at radius 2 is 2.31 bits per heavy atom. The number of rotatable bonds is 5. The van der Waals surface area contributed by atoms with Gasteiger partial charge in [-0.1, -0.05) is 22.5 Å². The molecule has 0 amide bonds. The fraction of sp³-hybridized carbons (Fsp3) is 0.200. The van der Waals surface area contributed by atoms with Crippen molar-refractivity contribution in [1.82, 2.24) is 0 Å². The van der Waals surface area contributed by atoms with Crippen molar-refractivity contribution in [3.8, 4) is 5.75 Å². The second kappa shape index (κ2) is 5.62. The minimum Gasteiger partial charge on any atom is -0.488 e. The zero-order valence-corrected chi connectivity index (χ0v) is 9.94. The largest absolute Gasteiger partial charge is 0.488 e. The SMILES string of the molecule is C=C(Br)COc1ccc([N+](=O)[O-])cc1CO. The molecule has 0 saturated carbocycles. The number of nitrogens with zero attached hydrogens (tertiary/aromatic N) is 1. The van der Waals surface area contributed by atoms with Crippen molar-refractivity contribution >= 4 is 21.6 Å². The molecule has 1 aromatic rings. The summed E-state index contributed by atoms with van der Waals surface area (Å²) in [5.74, 6) is 0.411. The van der Waals surface area contributed by atoms with Crippen molar-refractivity contribution in [2.24, 2.45) is 0 Å². The highest BCUT2D eigenvalue weighted by atomic mass is 79.9. The van der Waals surface area contributed by atoms with Crippen LogP contribution in [0.5, 0.6) is 5.75 Å². The van der Waals surface area contributed by atoms with Gasteiger partial charge in [0.1, 0.15) is 12.4 Å². The number of aliphatic hydroxyl groups excluding tert-OH is 1. The van der Waals surface area contributed by atoms with Crippen molar-refractivity contribution in [1.29, 1.82) is 0 Å². The quantitative estimate of drug-likeness (QED) is 0.667. The summed E-state index contributed by atoms with van der Waals surface area (Å²) in [7, 11) is 0. The van der Waals surface area contributed by atoms with Crippen molar-refractivity contribution in [3.63, 3.8) is 0 Å². The summed E-state index contributed by atoms with van der Waals surface area (Å²) in [5, 5.41) is 19.6. The lowest BCUT2D eigenvalue weighted by atomic mass is 10.2. The highest BCUT2D eigenvalue weighted by Gasteiger charge is 2.11. The number of nitro benzene ring substituents is 1. The maximum absolute atomic E-state index is 10.5. The first-order valence-corrected chi connectivity index (χ1v) is 5.18. The third kappa shape index (κ3) is 3.32. The maximum atomic E-state index is 10.5. The summed E-state index contributed by atoms with van der Waals surface area (Å²) in [4.78, 5) is 9.99. The van der Waals surface area contributed by atoms with Crippen LogP contribution in [-0.4, -0.2) is 16.6 Å². The minimum absolute atomic E-state index is 0.0749. The number of nitro groups is 1. The van der Waals surface area contributed by atoms with Gasteiger partial charge in [0.2, 0.25) is 0 Å². The molecule has 1 aromatic carbocycles. The Balaban J connectivity index is 2.93. The van der Waals surface area contributed by atoms with Crippen LogP contribution in [-0.2, 0) is 6.61 Å². The van der Waals surface area contributed by atoms with E-state index in [0.29, 0.717) is 15.8 Å². The number of benzene rings is 1. The number of non-ortho nitro benzene ring substituents is 1. The number of hydrogen-bond acceptors (Lipinski definition) is 4. The van der Waals surface area contributed by atoms with E-state index in [1.165, 1.54) is 18.2 Å². The van der Waals surface area contributed by atoms with Crippen molar-refractivity contribution in [3.05, 3.63) is 44.9 Å². The van der Waals surface area contributed by atoms with Crippen LogP contribution < -0.4 is 4.74 Å². The van der Waals surface area contributed by atoms with E-state index in [1.54, 1.807) is 0 Å². The monoisotopic (exact) mass is 287 g/mol. The Labute approximate surface area is 101 Å². The van der Waals surface area contributed by atoms with Crippen LogP contribution >= 0.6 is 15.9 Å². The molecule has 5 nitrogen and oxygen atoms in total. The molecule has 0 unspecified atom stereocenters. The lowest BCUT2D eigenvalue weighted by Gasteiger charge is -2.08. The predicted octanol–water partition coefficient (Wildman–Crippen LogP) is 2.37. The summed E-state index contributed by atoms with van der Waals surface area (Å²) in [5.41, 5.74) is 0.303. The van der Waals surface area contributed by atoms with Crippen LogP contribution in [0.25, 0.3) is 0 Å². The van der Waals surface area contributed by atoms with Crippen LogP contribution in [0.3, 0.4) is 0 Å². The molecule has 0 fully saturated rings. The molecule has 6 heteroatoms. The maximum Gasteiger partial charge on any atom is 0.270 e. The van der Waals surface area contributed by atoms with E-state index >= 15 is 0 Å². The van der Waals surface area contributed by atoms with Gasteiger partial charge < -0.3 is 9.84 Å². The summed E-state index contributed by atoms with van der Waals surface area (Å²) in [6.07, 6.45) is 0. The van der Waals surface area contributed by atoms with Crippen LogP contribution in [0, 0.1) is 10.1 Å². The zero-order chi connectivity index (χ0) is 12.1. The molecule has 0 radical (unpaired) electrons. The molecule has 1 N–H and O–H groups in total. The van der Waals surface area contributed by atoms with Gasteiger partial charge in [-0.25, -0.2) is 0 Å². The van der Waals surface area contributed by atoms with Gasteiger partial charge in [-0.2, -0.15) is 0 Å². The van der Waals surface area contributed by atoms with Crippen molar-refractivity contribution in [2.45, 2.75) is 6.61 Å². The fourth-order valence-corrected chi connectivity index (χ4v) is 1.21. The molecular weight excluding hydrogens is 278 g/mol. The first-order valence-electron chi connectivity index (χ1n) is 4.39. The van der Waals surface area contributed by atoms with Crippen molar-refractivity contribution < 1.29 is 14.8 Å². The molecule has 0 spiro atoms. The zero-order valence-electron chi connectivity index (χ0n) is 8.35. The molecule has 0 bridgehead atoms. The van der Waals surface area contributed by atoms with Crippen molar-refractivity contribution in [2.75, 3.05) is 6.61 Å². The summed E-state index contributed by atoms with van der Waals surface area (Å²) >= 11 is 3.13. The predicted molar refractivity (Wildman–Crippen MR) is 62.6 cm³/mol.